The van der Waals surface area contributed by atoms with Crippen LogP contribution in [0.4, 0.5) is 17.2 Å². The number of carbonyl (C=O) groups is 1. The van der Waals surface area contributed by atoms with Gasteiger partial charge in [-0.3, -0.25) is 9.36 Å². The fourth-order valence-corrected chi connectivity index (χ4v) is 3.18. The van der Waals surface area contributed by atoms with Crippen LogP contribution in [0.15, 0.2) is 65.9 Å². The van der Waals surface area contributed by atoms with E-state index in [1.54, 1.807) is 12.3 Å². The number of rotatable bonds is 5. The van der Waals surface area contributed by atoms with Crippen molar-refractivity contribution in [2.75, 3.05) is 10.6 Å². The number of aromatic nitrogens is 4. The van der Waals surface area contributed by atoms with Crippen LogP contribution >= 0.6 is 11.3 Å². The number of nitrogens with zero attached hydrogens (tertiary/aromatic N) is 4. The van der Waals surface area contributed by atoms with Crippen molar-refractivity contribution < 1.29 is 4.79 Å². The summed E-state index contributed by atoms with van der Waals surface area (Å²) in [6.45, 7) is 1.92. The third kappa shape index (κ3) is 3.85. The van der Waals surface area contributed by atoms with Crippen molar-refractivity contribution in [3.8, 4) is 5.82 Å². The number of imidazole rings is 1. The molecule has 4 aromatic rings. The van der Waals surface area contributed by atoms with Crippen molar-refractivity contribution in [2.24, 2.45) is 0 Å². The largest absolute Gasteiger partial charge is 0.340 e. The number of hydrogen-bond acceptors (Lipinski definition) is 6. The highest BCUT2D eigenvalue weighted by atomic mass is 32.1. The Morgan fingerprint density at radius 3 is 2.59 bits per heavy atom. The Hall–Kier alpha value is -3.52. The summed E-state index contributed by atoms with van der Waals surface area (Å²) in [5, 5.41) is 9.81. The SMILES string of the molecule is Cc1nccn1-c1cc(Nc2ccc(NC(=O)c3ccsc3)cc2)ncn1. The Morgan fingerprint density at radius 2 is 1.89 bits per heavy atom. The van der Waals surface area contributed by atoms with E-state index in [1.165, 1.54) is 17.7 Å². The minimum atomic E-state index is -0.117. The lowest BCUT2D eigenvalue weighted by Gasteiger charge is -2.09. The zero-order valence-electron chi connectivity index (χ0n) is 14.5. The monoisotopic (exact) mass is 376 g/mol. The molecule has 0 radical (unpaired) electrons. The lowest BCUT2D eigenvalue weighted by Crippen LogP contribution is -2.10. The first-order chi connectivity index (χ1) is 13.2. The molecular formula is C19H16N6OS. The lowest BCUT2D eigenvalue weighted by molar-refractivity contribution is 0.102. The summed E-state index contributed by atoms with van der Waals surface area (Å²) in [5.41, 5.74) is 2.25. The fourth-order valence-electron chi connectivity index (χ4n) is 2.55. The van der Waals surface area contributed by atoms with E-state index in [0.29, 0.717) is 11.4 Å². The average Bonchev–Trinajstić information content (AvgIpc) is 3.35. The third-order valence-corrected chi connectivity index (χ3v) is 4.61. The standard InChI is InChI=1S/C19H16N6OS/c1-13-20-7-8-25(13)18-10-17(21-12-22-18)23-15-2-4-16(5-3-15)24-19(26)14-6-9-27-11-14/h2-12H,1H3,(H,24,26)(H,21,22,23). The van der Waals surface area contributed by atoms with Crippen LogP contribution in [-0.4, -0.2) is 25.4 Å². The quantitative estimate of drug-likeness (QED) is 0.549. The highest BCUT2D eigenvalue weighted by Gasteiger charge is 2.07. The van der Waals surface area contributed by atoms with Gasteiger partial charge in [-0.1, -0.05) is 0 Å². The Kier molecular flexibility index (Phi) is 4.63. The average molecular weight is 376 g/mol. The molecule has 2 N–H and O–H groups in total. The second-order valence-corrected chi connectivity index (χ2v) is 6.55. The predicted molar refractivity (Wildman–Crippen MR) is 106 cm³/mol. The molecular weight excluding hydrogens is 360 g/mol. The molecule has 8 heteroatoms. The van der Waals surface area contributed by atoms with Crippen LogP contribution in [0.5, 0.6) is 0 Å². The molecule has 0 aliphatic rings. The zero-order valence-corrected chi connectivity index (χ0v) is 15.3. The second kappa shape index (κ2) is 7.38. The Morgan fingerprint density at radius 1 is 1.07 bits per heavy atom. The summed E-state index contributed by atoms with van der Waals surface area (Å²) >= 11 is 1.49. The van der Waals surface area contributed by atoms with Gasteiger partial charge in [0, 0.05) is 35.2 Å². The number of carbonyl (C=O) groups excluding carboxylic acids is 1. The molecule has 1 amide bonds. The number of benzene rings is 1. The van der Waals surface area contributed by atoms with E-state index < -0.39 is 0 Å². The maximum absolute atomic E-state index is 12.1. The lowest BCUT2D eigenvalue weighted by atomic mass is 10.2. The van der Waals surface area contributed by atoms with E-state index in [9.17, 15) is 4.79 Å². The molecule has 0 unspecified atom stereocenters. The summed E-state index contributed by atoms with van der Waals surface area (Å²) < 4.78 is 1.88. The van der Waals surface area contributed by atoms with Crippen molar-refractivity contribution >= 4 is 34.4 Å². The number of anilines is 3. The minimum Gasteiger partial charge on any atom is -0.340 e. The van der Waals surface area contributed by atoms with Gasteiger partial charge in [-0.15, -0.1) is 0 Å². The second-order valence-electron chi connectivity index (χ2n) is 5.77. The number of nitrogens with one attached hydrogen (secondary N) is 2. The first-order valence-corrected chi connectivity index (χ1v) is 9.16. The van der Waals surface area contributed by atoms with Gasteiger partial charge in [0.25, 0.3) is 5.91 Å². The molecule has 4 rings (SSSR count). The molecule has 134 valence electrons. The summed E-state index contributed by atoms with van der Waals surface area (Å²) in [6.07, 6.45) is 5.09. The molecule has 27 heavy (non-hydrogen) atoms. The number of thiophene rings is 1. The maximum atomic E-state index is 12.1. The summed E-state index contributed by atoms with van der Waals surface area (Å²) in [7, 11) is 0. The van der Waals surface area contributed by atoms with Crippen molar-refractivity contribution in [1.82, 2.24) is 19.5 Å². The molecule has 0 saturated heterocycles. The topological polar surface area (TPSA) is 84.7 Å². The summed E-state index contributed by atoms with van der Waals surface area (Å²) in [4.78, 5) is 24.8. The Bertz CT molecular complexity index is 1060. The normalized spacial score (nSPS) is 10.6. The summed E-state index contributed by atoms with van der Waals surface area (Å²) in [5.74, 6) is 2.14. The third-order valence-electron chi connectivity index (χ3n) is 3.92. The molecule has 0 fully saturated rings. The minimum absolute atomic E-state index is 0.117. The predicted octanol–water partition coefficient (Wildman–Crippen LogP) is 4.03. The van der Waals surface area contributed by atoms with Gasteiger partial charge in [-0.2, -0.15) is 11.3 Å². The molecule has 0 aliphatic heterocycles. The number of amides is 1. The molecule has 0 atom stereocenters. The van der Waals surface area contributed by atoms with Gasteiger partial charge in [0.15, 0.2) is 0 Å². The van der Waals surface area contributed by atoms with Crippen LogP contribution < -0.4 is 10.6 Å². The zero-order chi connectivity index (χ0) is 18.6. The van der Waals surface area contributed by atoms with E-state index in [1.807, 2.05) is 58.8 Å². The molecule has 0 bridgehead atoms. The highest BCUT2D eigenvalue weighted by Crippen LogP contribution is 2.19. The van der Waals surface area contributed by atoms with E-state index in [-0.39, 0.29) is 5.91 Å². The molecule has 7 nitrogen and oxygen atoms in total. The Balaban J connectivity index is 1.46. The first-order valence-electron chi connectivity index (χ1n) is 8.22. The van der Waals surface area contributed by atoms with Gasteiger partial charge in [0.05, 0.1) is 5.56 Å². The van der Waals surface area contributed by atoms with Crippen molar-refractivity contribution in [1.29, 1.82) is 0 Å². The highest BCUT2D eigenvalue weighted by molar-refractivity contribution is 7.08. The van der Waals surface area contributed by atoms with Crippen LogP contribution in [0.1, 0.15) is 16.2 Å². The number of hydrogen-bond donors (Lipinski definition) is 2. The van der Waals surface area contributed by atoms with E-state index in [4.69, 9.17) is 0 Å². The van der Waals surface area contributed by atoms with Gasteiger partial charge in [0.2, 0.25) is 0 Å². The first kappa shape index (κ1) is 16.9. The molecule has 0 saturated carbocycles. The van der Waals surface area contributed by atoms with E-state index in [0.717, 1.165) is 23.0 Å². The van der Waals surface area contributed by atoms with Crippen LogP contribution in [-0.2, 0) is 0 Å². The van der Waals surface area contributed by atoms with Crippen LogP contribution in [0.2, 0.25) is 0 Å². The van der Waals surface area contributed by atoms with Gasteiger partial charge in [-0.05, 0) is 42.6 Å². The molecule has 0 aliphatic carbocycles. The summed E-state index contributed by atoms with van der Waals surface area (Å²) in [6, 6.07) is 11.1. The van der Waals surface area contributed by atoms with E-state index in [2.05, 4.69) is 25.6 Å². The van der Waals surface area contributed by atoms with Crippen LogP contribution in [0.25, 0.3) is 5.82 Å². The Labute approximate surface area is 159 Å². The molecule has 3 aromatic heterocycles. The molecule has 3 heterocycles. The van der Waals surface area contributed by atoms with Gasteiger partial charge >= 0.3 is 0 Å². The van der Waals surface area contributed by atoms with Crippen molar-refractivity contribution in [3.05, 3.63) is 77.3 Å². The molecule has 0 spiro atoms. The van der Waals surface area contributed by atoms with Crippen LogP contribution in [0.3, 0.4) is 0 Å². The van der Waals surface area contributed by atoms with Gasteiger partial charge in [0.1, 0.15) is 23.8 Å². The maximum Gasteiger partial charge on any atom is 0.256 e. The van der Waals surface area contributed by atoms with Gasteiger partial charge < -0.3 is 10.6 Å². The van der Waals surface area contributed by atoms with Crippen LogP contribution in [0, 0.1) is 6.92 Å². The fraction of sp³-hybridized carbons (Fsp3) is 0.0526. The number of aryl methyl sites for hydroxylation is 1. The van der Waals surface area contributed by atoms with Crippen molar-refractivity contribution in [3.63, 3.8) is 0 Å². The molecule has 1 aromatic carbocycles. The van der Waals surface area contributed by atoms with Crippen molar-refractivity contribution in [2.45, 2.75) is 6.92 Å². The smallest absolute Gasteiger partial charge is 0.256 e. The van der Waals surface area contributed by atoms with E-state index >= 15 is 0 Å². The van der Waals surface area contributed by atoms with Gasteiger partial charge in [-0.25, -0.2) is 15.0 Å².